The van der Waals surface area contributed by atoms with Crippen molar-refractivity contribution in [3.8, 4) is 0 Å². The Morgan fingerprint density at radius 3 is 2.88 bits per heavy atom. The fourth-order valence-corrected chi connectivity index (χ4v) is 2.94. The van der Waals surface area contributed by atoms with E-state index in [9.17, 15) is 0 Å². The van der Waals surface area contributed by atoms with E-state index in [2.05, 4.69) is 36.2 Å². The molecule has 0 radical (unpaired) electrons. The van der Waals surface area contributed by atoms with E-state index in [-0.39, 0.29) is 0 Å². The summed E-state index contributed by atoms with van der Waals surface area (Å²) in [5.74, 6) is 0.721. The summed E-state index contributed by atoms with van der Waals surface area (Å²) in [6, 6.07) is 6.77. The highest BCUT2D eigenvalue weighted by Crippen LogP contribution is 2.36. The van der Waals surface area contributed by atoms with Gasteiger partial charge in [0.2, 0.25) is 0 Å². The minimum absolute atomic E-state index is 0.721. The first-order valence-corrected chi connectivity index (χ1v) is 6.56. The molecule has 0 atom stereocenters. The van der Waals surface area contributed by atoms with Gasteiger partial charge >= 0.3 is 0 Å². The molecule has 17 heavy (non-hydrogen) atoms. The molecule has 1 N–H and O–H groups in total. The van der Waals surface area contributed by atoms with Crippen LogP contribution in [0.5, 0.6) is 0 Å². The van der Waals surface area contributed by atoms with Crippen LogP contribution in [0, 0.1) is 5.92 Å². The van der Waals surface area contributed by atoms with Crippen LogP contribution in [0.4, 0.5) is 0 Å². The van der Waals surface area contributed by atoms with Gasteiger partial charge in [0.1, 0.15) is 0 Å². The van der Waals surface area contributed by atoms with Crippen LogP contribution in [0.3, 0.4) is 0 Å². The third-order valence-corrected chi connectivity index (χ3v) is 4.04. The van der Waals surface area contributed by atoms with Gasteiger partial charge in [-0.15, -0.1) is 0 Å². The van der Waals surface area contributed by atoms with E-state index in [0.29, 0.717) is 0 Å². The first-order chi connectivity index (χ1) is 8.34. The van der Waals surface area contributed by atoms with Gasteiger partial charge in [-0.1, -0.05) is 31.6 Å². The second-order valence-corrected chi connectivity index (χ2v) is 5.13. The van der Waals surface area contributed by atoms with Crippen LogP contribution in [0.2, 0.25) is 0 Å². The van der Waals surface area contributed by atoms with Gasteiger partial charge < -0.3 is 5.32 Å². The summed E-state index contributed by atoms with van der Waals surface area (Å²) < 4.78 is 0. The van der Waals surface area contributed by atoms with Gasteiger partial charge in [-0.2, -0.15) is 0 Å². The Kier molecular flexibility index (Phi) is 2.76. The van der Waals surface area contributed by atoms with Crippen molar-refractivity contribution in [3.05, 3.63) is 47.7 Å². The van der Waals surface area contributed by atoms with E-state index in [1.165, 1.54) is 47.9 Å². The molecule has 0 amide bonds. The molecule has 0 bridgehead atoms. The third-order valence-electron chi connectivity index (χ3n) is 4.04. The summed E-state index contributed by atoms with van der Waals surface area (Å²) in [7, 11) is 0. The molecule has 0 aromatic heterocycles. The fraction of sp³-hybridized carbons (Fsp3) is 0.375. The number of allylic oxidation sites excluding steroid dienone is 1. The molecule has 2 aliphatic rings. The Bertz CT molecular complexity index is 464. The number of nitrogens with one attached hydrogen (secondary N) is 1. The van der Waals surface area contributed by atoms with Gasteiger partial charge in [0.05, 0.1) is 0 Å². The number of benzene rings is 1. The molecular formula is C16H19N. The number of rotatable bonds is 2. The Balaban J connectivity index is 1.88. The van der Waals surface area contributed by atoms with Gasteiger partial charge in [-0.05, 0) is 59.4 Å². The highest BCUT2D eigenvalue weighted by Gasteiger charge is 2.19. The van der Waals surface area contributed by atoms with Gasteiger partial charge in [-0.25, -0.2) is 0 Å². The van der Waals surface area contributed by atoms with Crippen molar-refractivity contribution in [3.63, 3.8) is 0 Å². The molecule has 1 aromatic rings. The number of fused-ring (bicyclic) bond motifs is 1. The van der Waals surface area contributed by atoms with Crippen molar-refractivity contribution >= 4 is 11.6 Å². The molecule has 0 unspecified atom stereocenters. The molecule has 1 heteroatoms. The van der Waals surface area contributed by atoms with E-state index in [1.54, 1.807) is 0 Å². The predicted molar refractivity (Wildman–Crippen MR) is 73.3 cm³/mol. The van der Waals surface area contributed by atoms with E-state index in [4.69, 9.17) is 0 Å². The van der Waals surface area contributed by atoms with E-state index in [0.717, 1.165) is 12.5 Å². The van der Waals surface area contributed by atoms with Crippen molar-refractivity contribution in [2.45, 2.75) is 32.2 Å². The standard InChI is InChI=1S/C16H19N/c1-12(13-4-2-3-5-13)14-6-7-16-11-17-9-8-15(16)10-14/h6-10,13,17H,1-5,11H2. The summed E-state index contributed by atoms with van der Waals surface area (Å²) in [5.41, 5.74) is 5.41. The quantitative estimate of drug-likeness (QED) is 0.803. The smallest absolute Gasteiger partial charge is 0.0401 e. The largest absolute Gasteiger partial charge is 0.387 e. The predicted octanol–water partition coefficient (Wildman–Crippen LogP) is 3.96. The molecule has 1 saturated carbocycles. The number of hydrogen-bond donors (Lipinski definition) is 1. The summed E-state index contributed by atoms with van der Waals surface area (Å²) in [5, 5.41) is 3.24. The zero-order valence-corrected chi connectivity index (χ0v) is 10.2. The highest BCUT2D eigenvalue weighted by molar-refractivity contribution is 5.70. The SMILES string of the molecule is C=C(c1ccc2c(c1)C=CNC2)C1CCCC1. The molecule has 1 aliphatic heterocycles. The van der Waals surface area contributed by atoms with E-state index < -0.39 is 0 Å². The van der Waals surface area contributed by atoms with Crippen molar-refractivity contribution in [1.82, 2.24) is 5.32 Å². The first kappa shape index (κ1) is 10.6. The van der Waals surface area contributed by atoms with E-state index >= 15 is 0 Å². The minimum Gasteiger partial charge on any atom is -0.387 e. The fourth-order valence-electron chi connectivity index (χ4n) is 2.94. The maximum absolute atomic E-state index is 4.32. The van der Waals surface area contributed by atoms with Crippen LogP contribution in [0.1, 0.15) is 42.4 Å². The summed E-state index contributed by atoms with van der Waals surface area (Å²) >= 11 is 0. The molecule has 1 fully saturated rings. The monoisotopic (exact) mass is 225 g/mol. The molecule has 1 aromatic carbocycles. The Morgan fingerprint density at radius 2 is 2.06 bits per heavy atom. The van der Waals surface area contributed by atoms with Crippen LogP contribution in [0.25, 0.3) is 11.6 Å². The molecule has 1 heterocycles. The molecule has 1 nitrogen and oxygen atoms in total. The zero-order chi connectivity index (χ0) is 11.7. The summed E-state index contributed by atoms with van der Waals surface area (Å²) in [6.45, 7) is 5.26. The van der Waals surface area contributed by atoms with Crippen molar-refractivity contribution < 1.29 is 0 Å². The van der Waals surface area contributed by atoms with Gasteiger partial charge in [0, 0.05) is 6.54 Å². The maximum atomic E-state index is 4.32. The lowest BCUT2D eigenvalue weighted by Gasteiger charge is -2.17. The molecule has 88 valence electrons. The van der Waals surface area contributed by atoms with Gasteiger partial charge in [0.15, 0.2) is 0 Å². The average molecular weight is 225 g/mol. The lowest BCUT2D eigenvalue weighted by atomic mass is 9.90. The van der Waals surface area contributed by atoms with Crippen LogP contribution in [-0.4, -0.2) is 0 Å². The minimum atomic E-state index is 0.721. The topological polar surface area (TPSA) is 12.0 Å². The maximum Gasteiger partial charge on any atom is 0.0401 e. The molecule has 0 spiro atoms. The van der Waals surface area contributed by atoms with Gasteiger partial charge in [-0.3, -0.25) is 0 Å². The lowest BCUT2D eigenvalue weighted by Crippen LogP contribution is -2.10. The van der Waals surface area contributed by atoms with Crippen molar-refractivity contribution in [1.29, 1.82) is 0 Å². The van der Waals surface area contributed by atoms with E-state index in [1.807, 2.05) is 6.20 Å². The molecular weight excluding hydrogens is 206 g/mol. The second kappa shape index (κ2) is 4.40. The third kappa shape index (κ3) is 2.02. The lowest BCUT2D eigenvalue weighted by molar-refractivity contribution is 0.707. The second-order valence-electron chi connectivity index (χ2n) is 5.13. The highest BCUT2D eigenvalue weighted by atomic mass is 14.8. The van der Waals surface area contributed by atoms with Crippen LogP contribution in [0.15, 0.2) is 31.0 Å². The van der Waals surface area contributed by atoms with Crippen LogP contribution in [-0.2, 0) is 6.54 Å². The molecule has 3 rings (SSSR count). The van der Waals surface area contributed by atoms with Crippen LogP contribution < -0.4 is 5.32 Å². The Morgan fingerprint density at radius 1 is 1.24 bits per heavy atom. The summed E-state index contributed by atoms with van der Waals surface area (Å²) in [4.78, 5) is 0. The molecule has 0 saturated heterocycles. The summed E-state index contributed by atoms with van der Waals surface area (Å²) in [6.07, 6.45) is 9.59. The Labute approximate surface area is 103 Å². The Hall–Kier alpha value is -1.50. The van der Waals surface area contributed by atoms with Crippen molar-refractivity contribution in [2.75, 3.05) is 0 Å². The number of hydrogen-bond acceptors (Lipinski definition) is 1. The van der Waals surface area contributed by atoms with Crippen molar-refractivity contribution in [2.24, 2.45) is 5.92 Å². The van der Waals surface area contributed by atoms with Gasteiger partial charge in [0.25, 0.3) is 0 Å². The zero-order valence-electron chi connectivity index (χ0n) is 10.2. The molecule has 1 aliphatic carbocycles. The average Bonchev–Trinajstić information content (AvgIpc) is 2.91. The van der Waals surface area contributed by atoms with Crippen LogP contribution >= 0.6 is 0 Å². The first-order valence-electron chi connectivity index (χ1n) is 6.56. The normalized spacial score (nSPS) is 18.8.